The SMILES string of the molecule is Cc1nc(NCc2ccccc2)cc(Nc2ccc(C)c(Cl)c2)n1. The Morgan fingerprint density at radius 3 is 2.42 bits per heavy atom. The molecule has 0 saturated carbocycles. The third-order valence-electron chi connectivity index (χ3n) is 3.60. The Morgan fingerprint density at radius 2 is 1.67 bits per heavy atom. The molecule has 0 atom stereocenters. The standard InChI is InChI=1S/C19H19ClN4/c1-13-8-9-16(10-17(13)20)24-19-11-18(22-14(2)23-19)21-12-15-6-4-3-5-7-15/h3-11H,12H2,1-2H3,(H2,21,22,23,24). The van der Waals surface area contributed by atoms with Gasteiger partial charge in [-0.3, -0.25) is 0 Å². The quantitative estimate of drug-likeness (QED) is 0.679. The van der Waals surface area contributed by atoms with Crippen LogP contribution in [0.1, 0.15) is 17.0 Å². The first kappa shape index (κ1) is 16.3. The number of rotatable bonds is 5. The van der Waals surface area contributed by atoms with E-state index in [0.29, 0.717) is 12.4 Å². The van der Waals surface area contributed by atoms with Crippen LogP contribution in [0.15, 0.2) is 54.6 Å². The van der Waals surface area contributed by atoms with Crippen molar-refractivity contribution in [2.24, 2.45) is 0 Å². The first-order valence-electron chi connectivity index (χ1n) is 7.77. The lowest BCUT2D eigenvalue weighted by atomic mass is 10.2. The number of hydrogen-bond donors (Lipinski definition) is 2. The van der Waals surface area contributed by atoms with Crippen molar-refractivity contribution in [1.29, 1.82) is 0 Å². The topological polar surface area (TPSA) is 49.8 Å². The Hall–Kier alpha value is -2.59. The molecule has 0 saturated heterocycles. The molecule has 24 heavy (non-hydrogen) atoms. The molecule has 0 bridgehead atoms. The number of anilines is 3. The van der Waals surface area contributed by atoms with Gasteiger partial charge in [-0.1, -0.05) is 48.0 Å². The van der Waals surface area contributed by atoms with E-state index in [2.05, 4.69) is 32.7 Å². The molecule has 0 spiro atoms. The summed E-state index contributed by atoms with van der Waals surface area (Å²) in [6.45, 7) is 4.57. The molecule has 2 N–H and O–H groups in total. The second-order valence-corrected chi connectivity index (χ2v) is 6.02. The maximum atomic E-state index is 6.18. The van der Waals surface area contributed by atoms with Crippen molar-refractivity contribution in [3.63, 3.8) is 0 Å². The third kappa shape index (κ3) is 4.24. The Bertz CT molecular complexity index is 834. The highest BCUT2D eigenvalue weighted by atomic mass is 35.5. The van der Waals surface area contributed by atoms with Crippen molar-refractivity contribution < 1.29 is 0 Å². The fraction of sp³-hybridized carbons (Fsp3) is 0.158. The van der Waals surface area contributed by atoms with Crippen molar-refractivity contribution >= 4 is 28.9 Å². The number of aryl methyl sites for hydroxylation is 2. The van der Waals surface area contributed by atoms with Crippen molar-refractivity contribution in [1.82, 2.24) is 9.97 Å². The molecule has 0 amide bonds. The first-order chi connectivity index (χ1) is 11.6. The smallest absolute Gasteiger partial charge is 0.136 e. The molecule has 4 nitrogen and oxygen atoms in total. The van der Waals surface area contributed by atoms with Crippen LogP contribution in [0.4, 0.5) is 17.3 Å². The van der Waals surface area contributed by atoms with Crippen LogP contribution in [0.3, 0.4) is 0 Å². The minimum Gasteiger partial charge on any atom is -0.366 e. The number of nitrogens with zero attached hydrogens (tertiary/aromatic N) is 2. The maximum absolute atomic E-state index is 6.18. The van der Waals surface area contributed by atoms with Crippen LogP contribution in [0.5, 0.6) is 0 Å². The summed E-state index contributed by atoms with van der Waals surface area (Å²) in [4.78, 5) is 8.86. The van der Waals surface area contributed by atoms with Crippen LogP contribution in [0.25, 0.3) is 0 Å². The Balaban J connectivity index is 1.74. The summed E-state index contributed by atoms with van der Waals surface area (Å²) >= 11 is 6.18. The van der Waals surface area contributed by atoms with Gasteiger partial charge in [0, 0.05) is 23.3 Å². The monoisotopic (exact) mass is 338 g/mol. The van der Waals surface area contributed by atoms with E-state index in [-0.39, 0.29) is 0 Å². The molecule has 122 valence electrons. The highest BCUT2D eigenvalue weighted by Gasteiger charge is 2.04. The predicted octanol–water partition coefficient (Wildman–Crippen LogP) is 5.10. The van der Waals surface area contributed by atoms with Gasteiger partial charge in [-0.15, -0.1) is 0 Å². The van der Waals surface area contributed by atoms with Gasteiger partial charge < -0.3 is 10.6 Å². The van der Waals surface area contributed by atoms with Gasteiger partial charge in [-0.2, -0.15) is 0 Å². The molecule has 3 rings (SSSR count). The molecule has 0 unspecified atom stereocenters. The zero-order valence-electron chi connectivity index (χ0n) is 13.7. The Kier molecular flexibility index (Phi) is 4.96. The van der Waals surface area contributed by atoms with Crippen molar-refractivity contribution in [2.45, 2.75) is 20.4 Å². The maximum Gasteiger partial charge on any atom is 0.136 e. The summed E-state index contributed by atoms with van der Waals surface area (Å²) in [6.07, 6.45) is 0. The molecule has 1 aromatic heterocycles. The molecule has 0 aliphatic rings. The van der Waals surface area contributed by atoms with Crippen molar-refractivity contribution in [3.05, 3.63) is 76.6 Å². The summed E-state index contributed by atoms with van der Waals surface area (Å²) in [5.74, 6) is 2.22. The number of benzene rings is 2. The lowest BCUT2D eigenvalue weighted by Crippen LogP contribution is -2.05. The zero-order chi connectivity index (χ0) is 16.9. The molecular formula is C19H19ClN4. The van der Waals surface area contributed by atoms with Gasteiger partial charge in [-0.25, -0.2) is 9.97 Å². The minimum absolute atomic E-state index is 0.703. The molecule has 5 heteroatoms. The second-order valence-electron chi connectivity index (χ2n) is 5.61. The Morgan fingerprint density at radius 1 is 0.917 bits per heavy atom. The number of nitrogens with one attached hydrogen (secondary N) is 2. The molecule has 2 aromatic carbocycles. The average Bonchev–Trinajstić information content (AvgIpc) is 2.57. The molecule has 0 aliphatic carbocycles. The highest BCUT2D eigenvalue weighted by Crippen LogP contribution is 2.23. The summed E-state index contributed by atoms with van der Waals surface area (Å²) in [5, 5.41) is 7.34. The van der Waals surface area contributed by atoms with Gasteiger partial charge in [0.15, 0.2) is 0 Å². The predicted molar refractivity (Wildman–Crippen MR) is 100 cm³/mol. The van der Waals surface area contributed by atoms with E-state index in [1.54, 1.807) is 0 Å². The van der Waals surface area contributed by atoms with Crippen LogP contribution in [-0.2, 0) is 6.54 Å². The molecule has 0 radical (unpaired) electrons. The first-order valence-corrected chi connectivity index (χ1v) is 8.14. The molecular weight excluding hydrogens is 320 g/mol. The van der Waals surface area contributed by atoms with Crippen LogP contribution >= 0.6 is 11.6 Å². The van der Waals surface area contributed by atoms with Gasteiger partial charge in [0.25, 0.3) is 0 Å². The normalized spacial score (nSPS) is 10.5. The lowest BCUT2D eigenvalue weighted by Gasteiger charge is -2.11. The molecule has 1 heterocycles. The van der Waals surface area contributed by atoms with Gasteiger partial charge in [0.05, 0.1) is 0 Å². The van der Waals surface area contributed by atoms with E-state index in [1.807, 2.05) is 56.3 Å². The third-order valence-corrected chi connectivity index (χ3v) is 4.01. The average molecular weight is 339 g/mol. The van der Waals surface area contributed by atoms with E-state index in [1.165, 1.54) is 5.56 Å². The van der Waals surface area contributed by atoms with Gasteiger partial charge in [0.2, 0.25) is 0 Å². The summed E-state index contributed by atoms with van der Waals surface area (Å²) < 4.78 is 0. The number of halogens is 1. The summed E-state index contributed by atoms with van der Waals surface area (Å²) in [6, 6.07) is 18.0. The fourth-order valence-corrected chi connectivity index (χ4v) is 2.51. The lowest BCUT2D eigenvalue weighted by molar-refractivity contribution is 1.03. The van der Waals surface area contributed by atoms with Crippen LogP contribution in [0, 0.1) is 13.8 Å². The van der Waals surface area contributed by atoms with Crippen LogP contribution in [0.2, 0.25) is 5.02 Å². The molecule has 3 aromatic rings. The second kappa shape index (κ2) is 7.32. The highest BCUT2D eigenvalue weighted by molar-refractivity contribution is 6.31. The minimum atomic E-state index is 0.703. The van der Waals surface area contributed by atoms with Gasteiger partial charge in [0.1, 0.15) is 17.5 Å². The van der Waals surface area contributed by atoms with E-state index >= 15 is 0 Å². The summed E-state index contributed by atoms with van der Waals surface area (Å²) in [7, 11) is 0. The zero-order valence-corrected chi connectivity index (χ0v) is 14.4. The largest absolute Gasteiger partial charge is 0.366 e. The molecule has 0 fully saturated rings. The fourth-order valence-electron chi connectivity index (χ4n) is 2.33. The molecule has 0 aliphatic heterocycles. The summed E-state index contributed by atoms with van der Waals surface area (Å²) in [5.41, 5.74) is 3.15. The van der Waals surface area contributed by atoms with Crippen LogP contribution in [-0.4, -0.2) is 9.97 Å². The van der Waals surface area contributed by atoms with Crippen LogP contribution < -0.4 is 10.6 Å². The van der Waals surface area contributed by atoms with Crippen molar-refractivity contribution in [2.75, 3.05) is 10.6 Å². The number of hydrogen-bond acceptors (Lipinski definition) is 4. The number of aromatic nitrogens is 2. The van der Waals surface area contributed by atoms with Crippen molar-refractivity contribution in [3.8, 4) is 0 Å². The van der Waals surface area contributed by atoms with Gasteiger partial charge >= 0.3 is 0 Å². The Labute approximate surface area is 146 Å². The van der Waals surface area contributed by atoms with E-state index in [9.17, 15) is 0 Å². The van der Waals surface area contributed by atoms with Gasteiger partial charge in [-0.05, 0) is 37.1 Å². The van der Waals surface area contributed by atoms with E-state index in [4.69, 9.17) is 11.6 Å². The van der Waals surface area contributed by atoms with E-state index in [0.717, 1.165) is 27.9 Å². The van der Waals surface area contributed by atoms with E-state index < -0.39 is 0 Å².